The van der Waals surface area contributed by atoms with Crippen LogP contribution in [0.5, 0.6) is 0 Å². The molecule has 0 fully saturated rings. The number of hydrogen-bond donors (Lipinski definition) is 1. The van der Waals surface area contributed by atoms with E-state index in [9.17, 15) is 4.79 Å². The number of hydrogen-bond acceptors (Lipinski definition) is 3. The van der Waals surface area contributed by atoms with Gasteiger partial charge in [-0.3, -0.25) is 4.79 Å². The maximum Gasteiger partial charge on any atom is 0.260 e. The van der Waals surface area contributed by atoms with Gasteiger partial charge < -0.3 is 4.98 Å². The molecular weight excluding hydrogens is 256 g/mol. The van der Waals surface area contributed by atoms with Crippen molar-refractivity contribution in [3.05, 3.63) is 51.1 Å². The van der Waals surface area contributed by atoms with E-state index in [1.54, 1.807) is 18.2 Å². The van der Waals surface area contributed by atoms with Crippen molar-refractivity contribution in [3.8, 4) is 10.7 Å². The molecule has 0 bridgehead atoms. The Morgan fingerprint density at radius 3 is 2.88 bits per heavy atom. The van der Waals surface area contributed by atoms with Gasteiger partial charge in [-0.05, 0) is 23.6 Å². The second kappa shape index (κ2) is 3.98. The lowest BCUT2D eigenvalue weighted by Crippen LogP contribution is -2.09. The zero-order valence-electron chi connectivity index (χ0n) is 8.61. The first-order chi connectivity index (χ1) is 8.25. The Hall–Kier alpha value is -1.65. The van der Waals surface area contributed by atoms with Gasteiger partial charge in [0.05, 0.1) is 20.8 Å². The highest BCUT2D eigenvalue weighted by Crippen LogP contribution is 2.23. The van der Waals surface area contributed by atoms with Crippen molar-refractivity contribution in [1.29, 1.82) is 0 Å². The van der Waals surface area contributed by atoms with E-state index in [2.05, 4.69) is 9.97 Å². The Morgan fingerprint density at radius 1 is 1.24 bits per heavy atom. The average molecular weight is 263 g/mol. The minimum atomic E-state index is -0.205. The summed E-state index contributed by atoms with van der Waals surface area (Å²) >= 11 is 7.51. The van der Waals surface area contributed by atoms with Crippen LogP contribution >= 0.6 is 22.9 Å². The van der Waals surface area contributed by atoms with Gasteiger partial charge >= 0.3 is 0 Å². The van der Waals surface area contributed by atoms with Crippen LogP contribution in [0.4, 0.5) is 0 Å². The molecule has 0 spiro atoms. The zero-order valence-corrected chi connectivity index (χ0v) is 10.2. The molecule has 0 saturated carbocycles. The average Bonchev–Trinajstić information content (AvgIpc) is 2.81. The van der Waals surface area contributed by atoms with Crippen LogP contribution in [-0.2, 0) is 0 Å². The smallest absolute Gasteiger partial charge is 0.260 e. The van der Waals surface area contributed by atoms with Gasteiger partial charge in [0.15, 0.2) is 5.82 Å². The van der Waals surface area contributed by atoms with Crippen molar-refractivity contribution in [2.45, 2.75) is 0 Å². The molecule has 5 heteroatoms. The molecule has 3 rings (SSSR count). The Morgan fingerprint density at radius 2 is 2.12 bits per heavy atom. The number of H-pyrrole nitrogens is 1. The quantitative estimate of drug-likeness (QED) is 0.731. The van der Waals surface area contributed by atoms with Gasteiger partial charge in [-0.2, -0.15) is 0 Å². The number of aromatic amines is 1. The van der Waals surface area contributed by atoms with Crippen LogP contribution in [0.1, 0.15) is 0 Å². The molecule has 1 N–H and O–H groups in total. The second-order valence-electron chi connectivity index (χ2n) is 3.53. The lowest BCUT2D eigenvalue weighted by molar-refractivity contribution is 1.19. The van der Waals surface area contributed by atoms with Gasteiger partial charge in [-0.1, -0.05) is 23.7 Å². The standard InChI is InChI=1S/C12H7ClN2OS/c13-7-3-1-4-8-10(7)12(16)15-11(14-8)9-5-2-6-17-9/h1-6H,(H,14,15,16). The SMILES string of the molecule is O=c1[nH]c(-c2cccs2)nc2cccc(Cl)c12. The molecule has 0 atom stereocenters. The molecule has 2 aromatic heterocycles. The molecule has 1 aromatic carbocycles. The van der Waals surface area contributed by atoms with E-state index in [1.165, 1.54) is 11.3 Å². The van der Waals surface area contributed by atoms with E-state index in [-0.39, 0.29) is 5.56 Å². The molecular formula is C12H7ClN2OS. The number of aromatic nitrogens is 2. The number of halogens is 1. The van der Waals surface area contributed by atoms with Crippen molar-refractivity contribution in [2.24, 2.45) is 0 Å². The molecule has 0 saturated heterocycles. The maximum absolute atomic E-state index is 11.9. The van der Waals surface area contributed by atoms with E-state index in [0.29, 0.717) is 21.7 Å². The van der Waals surface area contributed by atoms with Gasteiger partial charge in [-0.25, -0.2) is 4.98 Å². The van der Waals surface area contributed by atoms with E-state index in [1.807, 2.05) is 17.5 Å². The fraction of sp³-hybridized carbons (Fsp3) is 0. The summed E-state index contributed by atoms with van der Waals surface area (Å²) in [6.07, 6.45) is 0. The lowest BCUT2D eigenvalue weighted by Gasteiger charge is -2.01. The highest BCUT2D eigenvalue weighted by atomic mass is 35.5. The van der Waals surface area contributed by atoms with E-state index < -0.39 is 0 Å². The monoisotopic (exact) mass is 262 g/mol. The van der Waals surface area contributed by atoms with E-state index >= 15 is 0 Å². The summed E-state index contributed by atoms with van der Waals surface area (Å²) in [6.45, 7) is 0. The minimum absolute atomic E-state index is 0.205. The topological polar surface area (TPSA) is 45.8 Å². The maximum atomic E-state index is 11.9. The largest absolute Gasteiger partial charge is 0.305 e. The molecule has 17 heavy (non-hydrogen) atoms. The van der Waals surface area contributed by atoms with Crippen LogP contribution < -0.4 is 5.56 Å². The van der Waals surface area contributed by atoms with Crippen molar-refractivity contribution in [3.63, 3.8) is 0 Å². The van der Waals surface area contributed by atoms with Crippen LogP contribution in [0, 0.1) is 0 Å². The summed E-state index contributed by atoms with van der Waals surface area (Å²) in [7, 11) is 0. The number of fused-ring (bicyclic) bond motifs is 1. The normalized spacial score (nSPS) is 10.9. The highest BCUT2D eigenvalue weighted by molar-refractivity contribution is 7.13. The first kappa shape index (κ1) is 10.5. The van der Waals surface area contributed by atoms with Gasteiger partial charge in [0.25, 0.3) is 5.56 Å². The lowest BCUT2D eigenvalue weighted by atomic mass is 10.2. The predicted octanol–water partition coefficient (Wildman–Crippen LogP) is 3.31. The van der Waals surface area contributed by atoms with Crippen molar-refractivity contribution < 1.29 is 0 Å². The van der Waals surface area contributed by atoms with Crippen molar-refractivity contribution in [1.82, 2.24) is 9.97 Å². The summed E-state index contributed by atoms with van der Waals surface area (Å²) in [4.78, 5) is 20.0. The minimum Gasteiger partial charge on any atom is -0.305 e. The van der Waals surface area contributed by atoms with Gasteiger partial charge in [0.2, 0.25) is 0 Å². The number of rotatable bonds is 1. The summed E-state index contributed by atoms with van der Waals surface area (Å²) in [5, 5.41) is 2.81. The molecule has 0 radical (unpaired) electrons. The molecule has 0 aliphatic carbocycles. The third-order valence-electron chi connectivity index (χ3n) is 2.44. The Balaban J connectivity index is 2.36. The zero-order chi connectivity index (χ0) is 11.8. The summed E-state index contributed by atoms with van der Waals surface area (Å²) < 4.78 is 0. The first-order valence-corrected chi connectivity index (χ1v) is 6.24. The Labute approximate surface area is 106 Å². The van der Waals surface area contributed by atoms with Gasteiger partial charge in [0, 0.05) is 0 Å². The van der Waals surface area contributed by atoms with Crippen LogP contribution in [0.3, 0.4) is 0 Å². The number of benzene rings is 1. The molecule has 0 aliphatic rings. The summed E-state index contributed by atoms with van der Waals surface area (Å²) in [6, 6.07) is 9.09. The fourth-order valence-electron chi connectivity index (χ4n) is 1.68. The predicted molar refractivity (Wildman–Crippen MR) is 70.7 cm³/mol. The summed E-state index contributed by atoms with van der Waals surface area (Å²) in [5.41, 5.74) is 0.411. The molecule has 0 unspecified atom stereocenters. The molecule has 3 nitrogen and oxygen atoms in total. The van der Waals surface area contributed by atoms with Crippen LogP contribution in [-0.4, -0.2) is 9.97 Å². The molecule has 0 amide bonds. The van der Waals surface area contributed by atoms with Gasteiger partial charge in [0.1, 0.15) is 0 Å². The van der Waals surface area contributed by atoms with E-state index in [4.69, 9.17) is 11.6 Å². The van der Waals surface area contributed by atoms with Crippen molar-refractivity contribution >= 4 is 33.8 Å². The Bertz CT molecular complexity index is 734. The van der Waals surface area contributed by atoms with E-state index in [0.717, 1.165) is 4.88 Å². The second-order valence-corrected chi connectivity index (χ2v) is 4.88. The number of nitrogens with zero attached hydrogens (tertiary/aromatic N) is 1. The number of nitrogens with one attached hydrogen (secondary N) is 1. The highest BCUT2D eigenvalue weighted by Gasteiger charge is 2.08. The third-order valence-corrected chi connectivity index (χ3v) is 3.63. The number of thiophene rings is 1. The molecule has 3 aromatic rings. The Kier molecular flexibility index (Phi) is 2.46. The van der Waals surface area contributed by atoms with Crippen LogP contribution in [0.25, 0.3) is 21.6 Å². The first-order valence-electron chi connectivity index (χ1n) is 4.98. The fourth-order valence-corrected chi connectivity index (χ4v) is 2.60. The van der Waals surface area contributed by atoms with Gasteiger partial charge in [-0.15, -0.1) is 11.3 Å². The van der Waals surface area contributed by atoms with Crippen LogP contribution in [0.15, 0.2) is 40.5 Å². The van der Waals surface area contributed by atoms with Crippen molar-refractivity contribution in [2.75, 3.05) is 0 Å². The molecule has 2 heterocycles. The molecule has 0 aliphatic heterocycles. The third kappa shape index (κ3) is 1.75. The summed E-state index contributed by atoms with van der Waals surface area (Å²) in [5.74, 6) is 0.583. The molecule has 84 valence electrons. The van der Waals surface area contributed by atoms with Crippen LogP contribution in [0.2, 0.25) is 5.02 Å².